The Morgan fingerprint density at radius 1 is 0.710 bits per heavy atom. The molecular formula is C19H28N4O8. The van der Waals surface area contributed by atoms with Gasteiger partial charge in [-0.25, -0.2) is 9.59 Å². The lowest BCUT2D eigenvalue weighted by Gasteiger charge is -2.27. The largest absolute Gasteiger partial charge is 0.463 e. The van der Waals surface area contributed by atoms with E-state index in [2.05, 4.69) is 0 Å². The van der Waals surface area contributed by atoms with Crippen LogP contribution in [-0.2, 0) is 28.7 Å². The van der Waals surface area contributed by atoms with Gasteiger partial charge in [0, 0.05) is 14.1 Å². The molecule has 6 amide bonds. The third kappa shape index (κ3) is 4.47. The molecule has 0 aromatic rings. The molecule has 0 bridgehead atoms. The van der Waals surface area contributed by atoms with Crippen molar-refractivity contribution in [2.24, 2.45) is 0 Å². The number of urea groups is 2. The van der Waals surface area contributed by atoms with E-state index >= 15 is 0 Å². The zero-order chi connectivity index (χ0) is 23.7. The lowest BCUT2D eigenvalue weighted by molar-refractivity contribution is -0.155. The molecule has 0 aliphatic carbocycles. The molecule has 2 fully saturated rings. The maximum absolute atomic E-state index is 12.1. The second kappa shape index (κ2) is 8.52. The Hall–Kier alpha value is -3.18. The molecule has 0 unspecified atom stereocenters. The Kier molecular flexibility index (Phi) is 6.62. The van der Waals surface area contributed by atoms with Gasteiger partial charge in [0.15, 0.2) is 0 Å². The maximum atomic E-state index is 12.1. The first kappa shape index (κ1) is 24.1. The number of esters is 2. The summed E-state index contributed by atoms with van der Waals surface area (Å²) in [5.74, 6) is -2.41. The van der Waals surface area contributed by atoms with Crippen molar-refractivity contribution in [3.05, 3.63) is 0 Å². The van der Waals surface area contributed by atoms with E-state index in [9.17, 15) is 28.8 Å². The molecule has 2 aliphatic heterocycles. The van der Waals surface area contributed by atoms with Gasteiger partial charge in [-0.05, 0) is 27.7 Å². The summed E-state index contributed by atoms with van der Waals surface area (Å²) in [6.45, 7) is 5.98. The number of hydrogen-bond acceptors (Lipinski definition) is 8. The smallest absolute Gasteiger partial charge is 0.327 e. The van der Waals surface area contributed by atoms with Crippen LogP contribution in [0.4, 0.5) is 9.59 Å². The van der Waals surface area contributed by atoms with E-state index in [0.717, 1.165) is 9.80 Å². The van der Waals surface area contributed by atoms with Crippen LogP contribution in [0.5, 0.6) is 0 Å². The minimum Gasteiger partial charge on any atom is -0.463 e. The van der Waals surface area contributed by atoms with Crippen LogP contribution in [0.2, 0.25) is 0 Å². The highest BCUT2D eigenvalue weighted by atomic mass is 16.6. The first-order chi connectivity index (χ1) is 14.2. The van der Waals surface area contributed by atoms with Crippen molar-refractivity contribution in [2.75, 3.05) is 40.4 Å². The predicted octanol–water partition coefficient (Wildman–Crippen LogP) is -0.192. The molecule has 0 aromatic heterocycles. The second-order valence-electron chi connectivity index (χ2n) is 8.33. The SMILES string of the molecule is CN1C(=O)N(CCOC(=O)CC(=O)OCCN2C(=O)N(C)C(=O)C2(C)C)C(C)(C)C1=O. The fourth-order valence-corrected chi connectivity index (χ4v) is 3.54. The van der Waals surface area contributed by atoms with Gasteiger partial charge >= 0.3 is 24.0 Å². The van der Waals surface area contributed by atoms with E-state index in [0.29, 0.717) is 0 Å². The van der Waals surface area contributed by atoms with Crippen LogP contribution in [0, 0.1) is 0 Å². The van der Waals surface area contributed by atoms with Gasteiger partial charge in [0.25, 0.3) is 11.8 Å². The second-order valence-corrected chi connectivity index (χ2v) is 8.33. The van der Waals surface area contributed by atoms with Crippen LogP contribution >= 0.6 is 0 Å². The molecule has 31 heavy (non-hydrogen) atoms. The summed E-state index contributed by atoms with van der Waals surface area (Å²) < 4.78 is 9.93. The van der Waals surface area contributed by atoms with Crippen LogP contribution < -0.4 is 0 Å². The van der Waals surface area contributed by atoms with E-state index in [4.69, 9.17) is 9.47 Å². The van der Waals surface area contributed by atoms with Gasteiger partial charge in [0.05, 0.1) is 13.1 Å². The van der Waals surface area contributed by atoms with Gasteiger partial charge in [-0.15, -0.1) is 0 Å². The van der Waals surface area contributed by atoms with E-state index in [1.165, 1.54) is 23.9 Å². The molecule has 0 aromatic carbocycles. The predicted molar refractivity (Wildman–Crippen MR) is 104 cm³/mol. The summed E-state index contributed by atoms with van der Waals surface area (Å²) in [6.07, 6.45) is -0.646. The van der Waals surface area contributed by atoms with E-state index in [-0.39, 0.29) is 38.1 Å². The fourth-order valence-electron chi connectivity index (χ4n) is 3.54. The maximum Gasteiger partial charge on any atom is 0.327 e. The lowest BCUT2D eigenvalue weighted by Crippen LogP contribution is -2.46. The van der Waals surface area contributed by atoms with Crippen LogP contribution in [0.1, 0.15) is 34.1 Å². The number of imide groups is 2. The summed E-state index contributed by atoms with van der Waals surface area (Å²) in [4.78, 5) is 76.5. The van der Waals surface area contributed by atoms with Crippen LogP contribution in [0.15, 0.2) is 0 Å². The van der Waals surface area contributed by atoms with Crippen molar-refractivity contribution in [2.45, 2.75) is 45.2 Å². The summed E-state index contributed by atoms with van der Waals surface area (Å²) in [5, 5.41) is 0. The molecule has 12 heteroatoms. The first-order valence-corrected chi connectivity index (χ1v) is 9.73. The molecule has 0 spiro atoms. The van der Waals surface area contributed by atoms with Gasteiger partial charge < -0.3 is 19.3 Å². The number of ether oxygens (including phenoxy) is 2. The van der Waals surface area contributed by atoms with Gasteiger partial charge in [0.1, 0.15) is 30.7 Å². The van der Waals surface area contributed by atoms with Gasteiger partial charge in [-0.3, -0.25) is 29.0 Å². The molecule has 2 saturated heterocycles. The number of carbonyl (C=O) groups excluding carboxylic acids is 6. The highest BCUT2D eigenvalue weighted by molar-refractivity contribution is 6.06. The minimum atomic E-state index is -1.05. The molecule has 2 rings (SSSR count). The highest BCUT2D eigenvalue weighted by Crippen LogP contribution is 2.26. The Balaban J connectivity index is 1.73. The monoisotopic (exact) mass is 440 g/mol. The van der Waals surface area contributed by atoms with Crippen LogP contribution in [0.25, 0.3) is 0 Å². The fraction of sp³-hybridized carbons (Fsp3) is 0.684. The van der Waals surface area contributed by atoms with Crippen molar-refractivity contribution in [3.63, 3.8) is 0 Å². The molecular weight excluding hydrogens is 412 g/mol. The zero-order valence-electron chi connectivity index (χ0n) is 18.6. The summed E-state index contributed by atoms with van der Waals surface area (Å²) in [5.41, 5.74) is -2.10. The third-order valence-corrected chi connectivity index (χ3v) is 5.49. The van der Waals surface area contributed by atoms with Crippen LogP contribution in [0.3, 0.4) is 0 Å². The van der Waals surface area contributed by atoms with Crippen molar-refractivity contribution in [3.8, 4) is 0 Å². The number of nitrogens with zero attached hydrogens (tertiary/aromatic N) is 4. The Morgan fingerprint density at radius 2 is 1.03 bits per heavy atom. The van der Waals surface area contributed by atoms with Gasteiger partial charge in [0.2, 0.25) is 0 Å². The number of carbonyl (C=O) groups is 6. The molecule has 0 radical (unpaired) electrons. The van der Waals surface area contributed by atoms with Crippen molar-refractivity contribution < 1.29 is 38.2 Å². The average molecular weight is 440 g/mol. The first-order valence-electron chi connectivity index (χ1n) is 9.73. The van der Waals surface area contributed by atoms with Gasteiger partial charge in [-0.2, -0.15) is 0 Å². The molecule has 172 valence electrons. The normalized spacial score (nSPS) is 20.1. The topological polar surface area (TPSA) is 134 Å². The average Bonchev–Trinajstić information content (AvgIpc) is 2.92. The molecule has 0 N–H and O–H groups in total. The number of hydrogen-bond donors (Lipinski definition) is 0. The van der Waals surface area contributed by atoms with Gasteiger partial charge in [-0.1, -0.05) is 0 Å². The Labute approximate surface area is 180 Å². The number of rotatable bonds is 8. The lowest BCUT2D eigenvalue weighted by atomic mass is 10.0. The molecule has 12 nitrogen and oxygen atoms in total. The van der Waals surface area contributed by atoms with E-state index in [1.54, 1.807) is 27.7 Å². The summed E-state index contributed by atoms with van der Waals surface area (Å²) in [6, 6.07) is -0.983. The summed E-state index contributed by atoms with van der Waals surface area (Å²) in [7, 11) is 2.75. The number of likely N-dealkylation sites (N-methyl/N-ethyl adjacent to an activating group) is 2. The number of amides is 6. The van der Waals surface area contributed by atoms with E-state index in [1.807, 2.05) is 0 Å². The Bertz CT molecular complexity index is 756. The van der Waals surface area contributed by atoms with Crippen LogP contribution in [-0.4, -0.2) is 107 Å². The minimum absolute atomic E-state index is 0.00357. The van der Waals surface area contributed by atoms with Crippen molar-refractivity contribution >= 4 is 35.8 Å². The highest BCUT2D eigenvalue weighted by Gasteiger charge is 2.50. The Morgan fingerprint density at radius 3 is 1.29 bits per heavy atom. The standard InChI is InChI=1S/C19H28N4O8/c1-18(2)14(26)20(5)16(28)22(18)7-9-30-12(24)11-13(25)31-10-8-23-17(29)21(6)15(27)19(23,3)4/h7-11H2,1-6H3. The zero-order valence-corrected chi connectivity index (χ0v) is 18.6. The molecule has 2 aliphatic rings. The summed E-state index contributed by atoms with van der Waals surface area (Å²) >= 11 is 0. The molecule has 0 saturated carbocycles. The molecule has 0 atom stereocenters. The van der Waals surface area contributed by atoms with E-state index < -0.39 is 41.5 Å². The quantitative estimate of drug-likeness (QED) is 0.288. The third-order valence-electron chi connectivity index (χ3n) is 5.49. The van der Waals surface area contributed by atoms with Crippen molar-refractivity contribution in [1.82, 2.24) is 19.6 Å². The van der Waals surface area contributed by atoms with Crippen molar-refractivity contribution in [1.29, 1.82) is 0 Å². The molecule has 2 heterocycles.